The van der Waals surface area contributed by atoms with Crippen LogP contribution in [0, 0.1) is 12.3 Å². The SMILES string of the molecule is C#CCOc1ccc2nc(-c3ccccc3)[nH]c2c1. The average Bonchev–Trinajstić information content (AvgIpc) is 2.89. The second kappa shape index (κ2) is 4.87. The summed E-state index contributed by atoms with van der Waals surface area (Å²) in [5.41, 5.74) is 2.91. The van der Waals surface area contributed by atoms with Crippen LogP contribution in [0.15, 0.2) is 48.5 Å². The van der Waals surface area contributed by atoms with Crippen LogP contribution in [-0.4, -0.2) is 16.6 Å². The number of imidazole rings is 1. The molecule has 19 heavy (non-hydrogen) atoms. The van der Waals surface area contributed by atoms with Crippen LogP contribution in [0.1, 0.15) is 0 Å². The number of ether oxygens (including phenoxy) is 1. The van der Waals surface area contributed by atoms with Crippen molar-refractivity contribution in [1.82, 2.24) is 9.97 Å². The Morgan fingerprint density at radius 3 is 2.79 bits per heavy atom. The fraction of sp³-hybridized carbons (Fsp3) is 0.0625. The molecule has 1 aromatic heterocycles. The first-order chi connectivity index (χ1) is 9.36. The van der Waals surface area contributed by atoms with E-state index < -0.39 is 0 Å². The molecule has 0 bridgehead atoms. The van der Waals surface area contributed by atoms with E-state index in [1.807, 2.05) is 48.5 Å². The average molecular weight is 248 g/mol. The van der Waals surface area contributed by atoms with Gasteiger partial charge < -0.3 is 9.72 Å². The summed E-state index contributed by atoms with van der Waals surface area (Å²) in [5.74, 6) is 4.04. The minimum Gasteiger partial charge on any atom is -0.481 e. The highest BCUT2D eigenvalue weighted by atomic mass is 16.5. The van der Waals surface area contributed by atoms with Gasteiger partial charge in [-0.2, -0.15) is 0 Å². The van der Waals surface area contributed by atoms with Crippen molar-refractivity contribution in [3.63, 3.8) is 0 Å². The Kier molecular flexibility index (Phi) is 2.91. The number of nitrogens with one attached hydrogen (secondary N) is 1. The number of fused-ring (bicyclic) bond motifs is 1. The minimum atomic E-state index is 0.269. The maximum Gasteiger partial charge on any atom is 0.148 e. The predicted molar refractivity (Wildman–Crippen MR) is 75.9 cm³/mol. The van der Waals surface area contributed by atoms with Gasteiger partial charge in [-0.15, -0.1) is 6.42 Å². The highest BCUT2D eigenvalue weighted by molar-refractivity contribution is 5.80. The second-order valence-electron chi connectivity index (χ2n) is 4.12. The second-order valence-corrected chi connectivity index (χ2v) is 4.12. The van der Waals surface area contributed by atoms with Crippen molar-refractivity contribution in [2.45, 2.75) is 0 Å². The molecule has 0 aliphatic carbocycles. The van der Waals surface area contributed by atoms with Crippen LogP contribution in [0.5, 0.6) is 5.75 Å². The largest absolute Gasteiger partial charge is 0.481 e. The van der Waals surface area contributed by atoms with E-state index in [1.165, 1.54) is 0 Å². The van der Waals surface area contributed by atoms with Crippen LogP contribution in [0.3, 0.4) is 0 Å². The number of nitrogens with zero attached hydrogens (tertiary/aromatic N) is 1. The van der Waals surface area contributed by atoms with Gasteiger partial charge in [-0.05, 0) is 12.1 Å². The Balaban J connectivity index is 2.00. The zero-order valence-corrected chi connectivity index (χ0v) is 10.3. The summed E-state index contributed by atoms with van der Waals surface area (Å²) in [7, 11) is 0. The van der Waals surface area contributed by atoms with Crippen LogP contribution in [0.4, 0.5) is 0 Å². The Hall–Kier alpha value is -2.73. The Morgan fingerprint density at radius 1 is 1.16 bits per heavy atom. The number of aromatic amines is 1. The zero-order chi connectivity index (χ0) is 13.1. The van der Waals surface area contributed by atoms with Crippen molar-refractivity contribution in [2.24, 2.45) is 0 Å². The number of aromatic nitrogens is 2. The molecule has 3 rings (SSSR count). The van der Waals surface area contributed by atoms with E-state index >= 15 is 0 Å². The number of hydrogen-bond acceptors (Lipinski definition) is 2. The molecule has 3 heteroatoms. The van der Waals surface area contributed by atoms with Crippen LogP contribution in [0.25, 0.3) is 22.4 Å². The van der Waals surface area contributed by atoms with E-state index in [0.717, 1.165) is 28.2 Å². The number of H-pyrrole nitrogens is 1. The first kappa shape index (κ1) is 11.4. The molecule has 1 heterocycles. The smallest absolute Gasteiger partial charge is 0.148 e. The molecule has 0 aliphatic rings. The molecule has 3 nitrogen and oxygen atoms in total. The number of benzene rings is 2. The number of rotatable bonds is 3. The molecule has 0 atom stereocenters. The quantitative estimate of drug-likeness (QED) is 0.722. The summed E-state index contributed by atoms with van der Waals surface area (Å²) in [5, 5.41) is 0. The highest BCUT2D eigenvalue weighted by Crippen LogP contribution is 2.23. The van der Waals surface area contributed by atoms with Crippen LogP contribution in [-0.2, 0) is 0 Å². The van der Waals surface area contributed by atoms with Crippen molar-refractivity contribution >= 4 is 11.0 Å². The lowest BCUT2D eigenvalue weighted by atomic mass is 10.2. The van der Waals surface area contributed by atoms with Crippen molar-refractivity contribution in [3.05, 3.63) is 48.5 Å². The van der Waals surface area contributed by atoms with E-state index in [0.29, 0.717) is 0 Å². The molecule has 0 saturated carbocycles. The van der Waals surface area contributed by atoms with Crippen LogP contribution in [0.2, 0.25) is 0 Å². The van der Waals surface area contributed by atoms with Gasteiger partial charge in [-0.3, -0.25) is 0 Å². The summed E-state index contributed by atoms with van der Waals surface area (Å²) in [6, 6.07) is 15.7. The molecule has 3 aromatic rings. The topological polar surface area (TPSA) is 37.9 Å². The fourth-order valence-electron chi connectivity index (χ4n) is 1.94. The molecule has 0 spiro atoms. The van der Waals surface area contributed by atoms with E-state index in [-0.39, 0.29) is 6.61 Å². The van der Waals surface area contributed by atoms with Crippen LogP contribution >= 0.6 is 0 Å². The Labute approximate surface area is 111 Å². The van der Waals surface area contributed by atoms with Gasteiger partial charge in [0.05, 0.1) is 11.0 Å². The van der Waals surface area contributed by atoms with Crippen molar-refractivity contribution in [1.29, 1.82) is 0 Å². The number of terminal acetylenes is 1. The van der Waals surface area contributed by atoms with Gasteiger partial charge in [-0.1, -0.05) is 36.3 Å². The fourth-order valence-corrected chi connectivity index (χ4v) is 1.94. The molecule has 1 N–H and O–H groups in total. The van der Waals surface area contributed by atoms with Gasteiger partial charge >= 0.3 is 0 Å². The van der Waals surface area contributed by atoms with E-state index in [1.54, 1.807) is 0 Å². The molecular formula is C16H12N2O. The van der Waals surface area contributed by atoms with E-state index in [4.69, 9.17) is 11.2 Å². The molecular weight excluding hydrogens is 236 g/mol. The normalized spacial score (nSPS) is 10.3. The van der Waals surface area contributed by atoms with Gasteiger partial charge in [0.15, 0.2) is 0 Å². The molecule has 0 aliphatic heterocycles. The maximum atomic E-state index is 5.39. The predicted octanol–water partition coefficient (Wildman–Crippen LogP) is 3.24. The highest BCUT2D eigenvalue weighted by Gasteiger charge is 2.05. The van der Waals surface area contributed by atoms with Gasteiger partial charge in [0.1, 0.15) is 18.2 Å². The summed E-state index contributed by atoms with van der Waals surface area (Å²) in [6.07, 6.45) is 5.17. The Bertz CT molecular complexity index is 738. The van der Waals surface area contributed by atoms with Crippen LogP contribution < -0.4 is 4.74 Å². The van der Waals surface area contributed by atoms with Gasteiger partial charge in [0, 0.05) is 11.6 Å². The van der Waals surface area contributed by atoms with E-state index in [2.05, 4.69) is 15.9 Å². The maximum absolute atomic E-state index is 5.39. The lowest BCUT2D eigenvalue weighted by molar-refractivity contribution is 0.371. The molecule has 2 aromatic carbocycles. The van der Waals surface area contributed by atoms with Crippen molar-refractivity contribution in [2.75, 3.05) is 6.61 Å². The zero-order valence-electron chi connectivity index (χ0n) is 10.3. The van der Waals surface area contributed by atoms with Crippen molar-refractivity contribution < 1.29 is 4.74 Å². The lowest BCUT2D eigenvalue weighted by Crippen LogP contribution is -1.92. The van der Waals surface area contributed by atoms with Crippen molar-refractivity contribution in [3.8, 4) is 29.5 Å². The molecule has 92 valence electrons. The monoisotopic (exact) mass is 248 g/mol. The Morgan fingerprint density at radius 2 is 2.00 bits per heavy atom. The first-order valence-electron chi connectivity index (χ1n) is 5.98. The third-order valence-electron chi connectivity index (χ3n) is 2.82. The molecule has 0 unspecified atom stereocenters. The van der Waals surface area contributed by atoms with E-state index in [9.17, 15) is 0 Å². The molecule has 0 fully saturated rings. The summed E-state index contributed by atoms with van der Waals surface area (Å²) in [4.78, 5) is 7.84. The summed E-state index contributed by atoms with van der Waals surface area (Å²) < 4.78 is 5.39. The van der Waals surface area contributed by atoms with Gasteiger partial charge in [0.2, 0.25) is 0 Å². The van der Waals surface area contributed by atoms with Gasteiger partial charge in [0.25, 0.3) is 0 Å². The number of hydrogen-bond donors (Lipinski definition) is 1. The third-order valence-corrected chi connectivity index (χ3v) is 2.82. The third kappa shape index (κ3) is 2.29. The summed E-state index contributed by atoms with van der Waals surface area (Å²) >= 11 is 0. The lowest BCUT2D eigenvalue weighted by Gasteiger charge is -2.00. The minimum absolute atomic E-state index is 0.269. The first-order valence-corrected chi connectivity index (χ1v) is 5.98. The molecule has 0 amide bonds. The van der Waals surface area contributed by atoms with Gasteiger partial charge in [-0.25, -0.2) is 4.98 Å². The molecule has 0 saturated heterocycles. The molecule has 0 radical (unpaired) electrons. The summed E-state index contributed by atoms with van der Waals surface area (Å²) in [6.45, 7) is 0.269. The standard InChI is InChI=1S/C16H12N2O/c1-2-10-19-13-8-9-14-15(11-13)18-16(17-14)12-6-4-3-5-7-12/h1,3-9,11H,10H2,(H,17,18).